The molecule has 2 N–H and O–H groups in total. The van der Waals surface area contributed by atoms with Crippen LogP contribution in [0.3, 0.4) is 0 Å². The summed E-state index contributed by atoms with van der Waals surface area (Å²) in [4.78, 5) is 20.8. The first-order valence-corrected chi connectivity index (χ1v) is 7.83. The summed E-state index contributed by atoms with van der Waals surface area (Å²) in [6, 6.07) is 14.2. The molecule has 0 saturated carbocycles. The zero-order valence-corrected chi connectivity index (χ0v) is 14.0. The molecule has 1 aromatic heterocycles. The maximum atomic E-state index is 12.9. The molecular weight excluding hydrogens is 343 g/mol. The first kappa shape index (κ1) is 16.9. The number of amides is 1. The van der Waals surface area contributed by atoms with E-state index >= 15 is 0 Å². The molecule has 3 rings (SSSR count). The minimum absolute atomic E-state index is 0.186. The number of anilines is 3. The van der Waals surface area contributed by atoms with Crippen LogP contribution in [-0.2, 0) is 0 Å². The molecule has 2 aromatic carbocycles. The molecule has 25 heavy (non-hydrogen) atoms. The van der Waals surface area contributed by atoms with Gasteiger partial charge in [0.05, 0.1) is 10.7 Å². The number of carbonyl (C=O) groups excluding carboxylic acids is 1. The van der Waals surface area contributed by atoms with Crippen molar-refractivity contribution in [2.75, 3.05) is 10.6 Å². The largest absolute Gasteiger partial charge is 0.339 e. The predicted octanol–water partition coefficient (Wildman–Crippen LogP) is 4.57. The molecule has 0 aliphatic heterocycles. The fraction of sp³-hybridized carbons (Fsp3) is 0.0556. The van der Waals surface area contributed by atoms with Gasteiger partial charge in [-0.25, -0.2) is 14.4 Å². The number of benzene rings is 2. The Morgan fingerprint density at radius 1 is 1.08 bits per heavy atom. The summed E-state index contributed by atoms with van der Waals surface area (Å²) in [5.41, 5.74) is 1.34. The second-order valence-corrected chi connectivity index (χ2v) is 5.66. The molecule has 3 aromatic rings. The highest BCUT2D eigenvalue weighted by Crippen LogP contribution is 2.24. The minimum Gasteiger partial charge on any atom is -0.339 e. The van der Waals surface area contributed by atoms with Crippen LogP contribution in [0.4, 0.5) is 21.6 Å². The van der Waals surface area contributed by atoms with E-state index in [2.05, 4.69) is 20.6 Å². The second kappa shape index (κ2) is 7.27. The van der Waals surface area contributed by atoms with Crippen LogP contribution in [0.5, 0.6) is 0 Å². The van der Waals surface area contributed by atoms with Gasteiger partial charge in [-0.1, -0.05) is 23.7 Å². The van der Waals surface area contributed by atoms with Crippen LogP contribution in [0.25, 0.3) is 0 Å². The van der Waals surface area contributed by atoms with Crippen LogP contribution in [0, 0.1) is 12.7 Å². The maximum Gasteiger partial charge on any atom is 0.274 e. The Kier molecular flexibility index (Phi) is 4.90. The van der Waals surface area contributed by atoms with Gasteiger partial charge >= 0.3 is 0 Å². The van der Waals surface area contributed by atoms with Crippen LogP contribution in [0.1, 0.15) is 16.3 Å². The predicted molar refractivity (Wildman–Crippen MR) is 95.9 cm³/mol. The first-order valence-electron chi connectivity index (χ1n) is 7.45. The minimum atomic E-state index is -0.417. The fourth-order valence-corrected chi connectivity index (χ4v) is 2.36. The van der Waals surface area contributed by atoms with Gasteiger partial charge in [-0.15, -0.1) is 0 Å². The standard InChI is InChI=1S/C18H14ClFN4O/c1-11-21-16(18(25)23-13-8-6-12(20)7-9-13)10-17(22-11)24-15-5-3-2-4-14(15)19/h2-10H,1H3,(H,23,25)(H,21,22,24). The van der Waals surface area contributed by atoms with Crippen molar-refractivity contribution in [2.45, 2.75) is 6.92 Å². The van der Waals surface area contributed by atoms with E-state index in [1.807, 2.05) is 12.1 Å². The van der Waals surface area contributed by atoms with Crippen molar-refractivity contribution in [3.8, 4) is 0 Å². The molecule has 1 heterocycles. The van der Waals surface area contributed by atoms with Gasteiger partial charge in [-0.2, -0.15) is 0 Å². The zero-order valence-electron chi connectivity index (χ0n) is 13.3. The Bertz CT molecular complexity index is 915. The lowest BCUT2D eigenvalue weighted by Gasteiger charge is -2.10. The molecule has 1 amide bonds. The van der Waals surface area contributed by atoms with Crippen molar-refractivity contribution >= 4 is 34.7 Å². The quantitative estimate of drug-likeness (QED) is 0.718. The number of hydrogen-bond donors (Lipinski definition) is 2. The van der Waals surface area contributed by atoms with Gasteiger partial charge in [-0.05, 0) is 43.3 Å². The van der Waals surface area contributed by atoms with E-state index in [0.717, 1.165) is 0 Å². The lowest BCUT2D eigenvalue weighted by atomic mass is 10.2. The van der Waals surface area contributed by atoms with Gasteiger partial charge in [0, 0.05) is 11.8 Å². The van der Waals surface area contributed by atoms with Crippen LogP contribution in [-0.4, -0.2) is 15.9 Å². The molecule has 0 bridgehead atoms. The molecule has 0 radical (unpaired) electrons. The van der Waals surface area contributed by atoms with Crippen LogP contribution >= 0.6 is 11.6 Å². The molecule has 0 aliphatic carbocycles. The van der Waals surface area contributed by atoms with Crippen LogP contribution in [0.15, 0.2) is 54.6 Å². The van der Waals surface area contributed by atoms with Gasteiger partial charge in [-0.3, -0.25) is 4.79 Å². The van der Waals surface area contributed by atoms with E-state index < -0.39 is 5.91 Å². The van der Waals surface area contributed by atoms with Crippen molar-refractivity contribution < 1.29 is 9.18 Å². The lowest BCUT2D eigenvalue weighted by Crippen LogP contribution is -2.15. The number of aromatic nitrogens is 2. The van der Waals surface area contributed by atoms with E-state index in [9.17, 15) is 9.18 Å². The number of carbonyl (C=O) groups is 1. The summed E-state index contributed by atoms with van der Waals surface area (Å²) in [6.45, 7) is 1.69. The Morgan fingerprint density at radius 2 is 1.80 bits per heavy atom. The van der Waals surface area contributed by atoms with E-state index in [-0.39, 0.29) is 11.5 Å². The lowest BCUT2D eigenvalue weighted by molar-refractivity contribution is 0.102. The number of nitrogens with zero attached hydrogens (tertiary/aromatic N) is 2. The second-order valence-electron chi connectivity index (χ2n) is 5.25. The molecule has 0 fully saturated rings. The topological polar surface area (TPSA) is 66.9 Å². The monoisotopic (exact) mass is 356 g/mol. The van der Waals surface area contributed by atoms with Gasteiger partial charge < -0.3 is 10.6 Å². The third-order valence-corrected chi connectivity index (χ3v) is 3.64. The van der Waals surface area contributed by atoms with Crippen molar-refractivity contribution in [1.82, 2.24) is 9.97 Å². The third-order valence-electron chi connectivity index (χ3n) is 3.31. The number of nitrogens with one attached hydrogen (secondary N) is 2. The molecular formula is C18H14ClFN4O. The van der Waals surface area contributed by atoms with E-state index in [0.29, 0.717) is 28.0 Å². The Morgan fingerprint density at radius 3 is 2.52 bits per heavy atom. The summed E-state index contributed by atoms with van der Waals surface area (Å²) in [5, 5.41) is 6.27. The normalized spacial score (nSPS) is 10.4. The maximum absolute atomic E-state index is 12.9. The van der Waals surface area contributed by atoms with Crippen LogP contribution < -0.4 is 10.6 Å². The van der Waals surface area contributed by atoms with E-state index in [1.165, 1.54) is 30.3 Å². The Balaban J connectivity index is 1.82. The molecule has 7 heteroatoms. The molecule has 0 spiro atoms. The Hall–Kier alpha value is -2.99. The zero-order chi connectivity index (χ0) is 17.8. The van der Waals surface area contributed by atoms with Gasteiger partial charge in [0.25, 0.3) is 5.91 Å². The summed E-state index contributed by atoms with van der Waals surface area (Å²) >= 11 is 6.12. The molecule has 0 aliphatic rings. The highest BCUT2D eigenvalue weighted by Gasteiger charge is 2.12. The van der Waals surface area contributed by atoms with Crippen molar-refractivity contribution in [3.05, 3.63) is 77.0 Å². The summed E-state index contributed by atoms with van der Waals surface area (Å²) in [6.07, 6.45) is 0. The molecule has 0 atom stereocenters. The van der Waals surface area contributed by atoms with E-state index in [1.54, 1.807) is 19.1 Å². The molecule has 126 valence electrons. The highest BCUT2D eigenvalue weighted by atomic mass is 35.5. The highest BCUT2D eigenvalue weighted by molar-refractivity contribution is 6.33. The SMILES string of the molecule is Cc1nc(Nc2ccccc2Cl)cc(C(=O)Nc2ccc(F)cc2)n1. The average Bonchev–Trinajstić information content (AvgIpc) is 2.58. The molecule has 0 saturated heterocycles. The summed E-state index contributed by atoms with van der Waals surface area (Å²) in [7, 11) is 0. The number of rotatable bonds is 4. The van der Waals surface area contributed by atoms with Crippen molar-refractivity contribution in [1.29, 1.82) is 0 Å². The van der Waals surface area contributed by atoms with E-state index in [4.69, 9.17) is 11.6 Å². The van der Waals surface area contributed by atoms with Gasteiger partial charge in [0.15, 0.2) is 0 Å². The number of para-hydroxylation sites is 1. The summed E-state index contributed by atoms with van der Waals surface area (Å²) in [5.74, 6) is 0.0904. The smallest absolute Gasteiger partial charge is 0.274 e. The molecule has 5 nitrogen and oxygen atoms in total. The Labute approximate surface area is 148 Å². The first-order chi connectivity index (χ1) is 12.0. The number of hydrogen-bond acceptors (Lipinski definition) is 4. The number of aryl methyl sites for hydroxylation is 1. The molecule has 0 unspecified atom stereocenters. The van der Waals surface area contributed by atoms with Crippen molar-refractivity contribution in [3.63, 3.8) is 0 Å². The third kappa shape index (κ3) is 4.30. The van der Waals surface area contributed by atoms with Crippen molar-refractivity contribution in [2.24, 2.45) is 0 Å². The average molecular weight is 357 g/mol. The van der Waals surface area contributed by atoms with Crippen LogP contribution in [0.2, 0.25) is 5.02 Å². The number of halogens is 2. The van der Waals surface area contributed by atoms with Gasteiger partial charge in [0.2, 0.25) is 0 Å². The van der Waals surface area contributed by atoms with Gasteiger partial charge in [0.1, 0.15) is 23.2 Å². The summed E-state index contributed by atoms with van der Waals surface area (Å²) < 4.78 is 12.9. The fourth-order valence-electron chi connectivity index (χ4n) is 2.18.